The van der Waals surface area contributed by atoms with Crippen molar-refractivity contribution in [1.29, 1.82) is 0 Å². The lowest BCUT2D eigenvalue weighted by Gasteiger charge is -2.44. The normalized spacial score (nSPS) is 23.8. The quantitative estimate of drug-likeness (QED) is 0.371. The molecule has 2 bridgehead atoms. The number of aliphatic hydroxyl groups excluding tert-OH is 1. The molecule has 3 aromatic rings. The van der Waals surface area contributed by atoms with E-state index in [9.17, 15) is 14.7 Å². The van der Waals surface area contributed by atoms with Crippen molar-refractivity contribution in [3.05, 3.63) is 75.8 Å². The van der Waals surface area contributed by atoms with Gasteiger partial charge in [0, 0.05) is 37.4 Å². The largest absolute Gasteiger partial charge is 0.490 e. The Bertz CT molecular complexity index is 1950. The maximum atomic E-state index is 16.5. The van der Waals surface area contributed by atoms with Crippen LogP contribution in [0, 0.1) is 17.6 Å². The van der Waals surface area contributed by atoms with E-state index in [4.69, 9.17) is 21.1 Å². The maximum absolute atomic E-state index is 16.5. The molecule has 0 radical (unpaired) electrons. The van der Waals surface area contributed by atoms with Crippen molar-refractivity contribution >= 4 is 40.1 Å². The molecule has 3 unspecified atom stereocenters. The van der Waals surface area contributed by atoms with Gasteiger partial charge in [-0.3, -0.25) is 4.79 Å². The molecule has 6 rings (SSSR count). The van der Waals surface area contributed by atoms with Crippen LogP contribution in [0.25, 0.3) is 28.0 Å². The van der Waals surface area contributed by atoms with E-state index < -0.39 is 41.3 Å². The molecule has 2 N–H and O–H groups in total. The highest BCUT2D eigenvalue weighted by molar-refractivity contribution is 6.31. The fourth-order valence-electron chi connectivity index (χ4n) is 6.87. The Hall–Kier alpha value is -4.33. The van der Waals surface area contributed by atoms with E-state index >= 15 is 8.78 Å². The summed E-state index contributed by atoms with van der Waals surface area (Å²) in [4.78, 5) is 39.8. The smallest absolute Gasteiger partial charge is 0.355 e. The van der Waals surface area contributed by atoms with Crippen molar-refractivity contribution in [2.75, 3.05) is 31.2 Å². The predicted octanol–water partition coefficient (Wildman–Crippen LogP) is 4.51. The number of fused-ring (bicyclic) bond motifs is 4. The molecular weight excluding hydrogens is 658 g/mol. The third-order valence-electron chi connectivity index (χ3n) is 9.30. The Balaban J connectivity index is 1.72. The summed E-state index contributed by atoms with van der Waals surface area (Å²) in [5.74, 6) is -2.13. The first-order valence-electron chi connectivity index (χ1n) is 16.3. The number of hydrogen-bond acceptors (Lipinski definition) is 9. The second-order valence-corrected chi connectivity index (χ2v) is 13.2. The average molecular weight is 697 g/mol. The molecule has 0 aliphatic carbocycles. The fraction of sp³-hybridized carbons (Fsp3) is 0.429. The van der Waals surface area contributed by atoms with Gasteiger partial charge in [0.05, 0.1) is 27.7 Å². The van der Waals surface area contributed by atoms with Crippen LogP contribution in [0.3, 0.4) is 0 Å². The number of pyridine rings is 1. The van der Waals surface area contributed by atoms with E-state index in [1.807, 2.05) is 32.6 Å². The molecule has 1 saturated heterocycles. The van der Waals surface area contributed by atoms with E-state index in [1.165, 1.54) is 28.8 Å². The van der Waals surface area contributed by atoms with Crippen molar-refractivity contribution < 1.29 is 28.2 Å². The first-order chi connectivity index (χ1) is 23.4. The molecule has 49 heavy (non-hydrogen) atoms. The van der Waals surface area contributed by atoms with Crippen molar-refractivity contribution in [3.8, 4) is 17.0 Å². The Morgan fingerprint density at radius 1 is 1.24 bits per heavy atom. The maximum Gasteiger partial charge on any atom is 0.355 e. The van der Waals surface area contributed by atoms with Crippen LogP contribution < -0.4 is 20.6 Å². The van der Waals surface area contributed by atoms with Crippen molar-refractivity contribution in [1.82, 2.24) is 24.8 Å². The topological polar surface area (TPSA) is 122 Å². The predicted molar refractivity (Wildman–Crippen MR) is 183 cm³/mol. The molecule has 14 heteroatoms. The summed E-state index contributed by atoms with van der Waals surface area (Å²) in [6, 6.07) is 2.70. The zero-order valence-corrected chi connectivity index (χ0v) is 28.7. The third-order valence-corrected chi connectivity index (χ3v) is 9.59. The number of nitrogens with one attached hydrogen (secondary N) is 1. The molecule has 5 atom stereocenters. The number of aromatic nitrogens is 3. The summed E-state index contributed by atoms with van der Waals surface area (Å²) in [7, 11) is 0. The van der Waals surface area contributed by atoms with Gasteiger partial charge in [-0.15, -0.1) is 0 Å². The molecule has 3 aliphatic heterocycles. The number of anilines is 1. The summed E-state index contributed by atoms with van der Waals surface area (Å²) < 4.78 is 45.6. The van der Waals surface area contributed by atoms with Gasteiger partial charge in [-0.2, -0.15) is 4.98 Å². The van der Waals surface area contributed by atoms with Crippen LogP contribution in [0.2, 0.25) is 5.02 Å². The number of halogens is 3. The Morgan fingerprint density at radius 2 is 2.00 bits per heavy atom. The van der Waals surface area contributed by atoms with Crippen LogP contribution in [0.4, 0.5) is 14.6 Å². The lowest BCUT2D eigenvalue weighted by Crippen LogP contribution is -2.58. The molecule has 1 aromatic carbocycles. The molecule has 0 spiro atoms. The van der Waals surface area contributed by atoms with Gasteiger partial charge in [0.15, 0.2) is 17.3 Å². The Morgan fingerprint density at radius 3 is 2.69 bits per heavy atom. The van der Waals surface area contributed by atoms with E-state index in [0.717, 1.165) is 0 Å². The van der Waals surface area contributed by atoms with Gasteiger partial charge in [0.25, 0.3) is 0 Å². The van der Waals surface area contributed by atoms with Gasteiger partial charge in [-0.25, -0.2) is 23.1 Å². The minimum atomic E-state index is -1.31. The Kier molecular flexibility index (Phi) is 9.53. The highest BCUT2D eigenvalue weighted by atomic mass is 35.5. The van der Waals surface area contributed by atoms with Crippen LogP contribution in [0.15, 0.2) is 53.5 Å². The number of benzene rings is 1. The van der Waals surface area contributed by atoms with E-state index in [-0.39, 0.29) is 76.9 Å². The van der Waals surface area contributed by atoms with Gasteiger partial charge >= 0.3 is 5.69 Å². The summed E-state index contributed by atoms with van der Waals surface area (Å²) >= 11 is 6.21. The first-order valence-corrected chi connectivity index (χ1v) is 16.7. The number of hydrogen-bond donors (Lipinski definition) is 2. The third kappa shape index (κ3) is 5.97. The Labute approximate surface area is 287 Å². The van der Waals surface area contributed by atoms with Gasteiger partial charge in [-0.05, 0) is 63.2 Å². The van der Waals surface area contributed by atoms with Crippen molar-refractivity contribution in [3.63, 3.8) is 0 Å². The van der Waals surface area contributed by atoms with Crippen LogP contribution in [-0.2, 0) is 9.53 Å². The zero-order chi connectivity index (χ0) is 35.3. The minimum absolute atomic E-state index is 0.0165. The van der Waals surface area contributed by atoms with Crippen LogP contribution in [-0.4, -0.2) is 87.1 Å². The minimum Gasteiger partial charge on any atom is -0.490 e. The van der Waals surface area contributed by atoms with E-state index in [0.29, 0.717) is 17.8 Å². The summed E-state index contributed by atoms with van der Waals surface area (Å²) in [6.45, 7) is 13.5. The summed E-state index contributed by atoms with van der Waals surface area (Å²) in [5, 5.41) is 15.1. The first kappa shape index (κ1) is 34.5. The highest BCUT2D eigenvalue weighted by Gasteiger charge is 2.38. The van der Waals surface area contributed by atoms with Crippen molar-refractivity contribution in [2.45, 2.75) is 65.0 Å². The molecule has 5 heterocycles. The fourth-order valence-corrected chi connectivity index (χ4v) is 7.02. The second kappa shape index (κ2) is 13.5. The lowest BCUT2D eigenvalue weighted by atomic mass is 9.90. The monoisotopic (exact) mass is 696 g/mol. The van der Waals surface area contributed by atoms with E-state index in [2.05, 4.69) is 21.9 Å². The van der Waals surface area contributed by atoms with Gasteiger partial charge < -0.3 is 29.7 Å². The number of piperazine rings is 1. The molecular formula is C35H39ClF2N6O5. The number of carbonyl (C=O) groups excluding carboxylic acids is 1. The second-order valence-electron chi connectivity index (χ2n) is 12.8. The lowest BCUT2D eigenvalue weighted by molar-refractivity contribution is -0.128. The number of ether oxygens (including phenoxy) is 2. The molecule has 3 aliphatic rings. The number of aliphatic hydroxyl groups is 1. The molecule has 1 fully saturated rings. The van der Waals surface area contributed by atoms with Crippen molar-refractivity contribution in [2.24, 2.45) is 5.92 Å². The van der Waals surface area contributed by atoms with Gasteiger partial charge in [0.2, 0.25) is 5.91 Å². The zero-order valence-electron chi connectivity index (χ0n) is 27.9. The number of dihydropyridines is 1. The molecule has 260 valence electrons. The molecule has 2 aromatic heterocycles. The van der Waals surface area contributed by atoms with Crippen LogP contribution >= 0.6 is 11.6 Å². The number of nitrogens with zero attached hydrogens (tertiary/aromatic N) is 5. The molecule has 11 nitrogen and oxygen atoms in total. The average Bonchev–Trinajstić information content (AvgIpc) is 3.07. The number of amides is 1. The SMILES string of the molecule is C=CC(=O)N1C[C@H](C)N(c2nc(=O)n3c4nc(c(F)cc24)-c2c(ccc(Cl)c2F)OCC(OCC)C(O)C2=C3C(C(C)C)NC=C2)C[C@H]1C. The van der Waals surface area contributed by atoms with Crippen LogP contribution in [0.5, 0.6) is 5.75 Å². The number of carbonyl (C=O) groups is 1. The highest BCUT2D eigenvalue weighted by Crippen LogP contribution is 2.40. The number of rotatable bonds is 5. The standard InChI is InChI=1S/C35H39ClF2N6O5/c1-7-26(45)42-14-19(6)43(15-18(42)5)33-21-13-23(37)30-27-24(10-9-22(36)28(27)38)49-16-25(48-8-2)32(46)20-11-12-39-29(17(3)4)31(20)44(34(21)40-30)35(47)41-33/h7,9-13,17-19,25,29,32,39,46H,1,8,14-16H2,2-6H3/t18-,19+,25?,29?,32?/m1/s1. The molecule has 1 amide bonds. The summed E-state index contributed by atoms with van der Waals surface area (Å²) in [5.41, 5.74) is -0.836. The molecule has 0 saturated carbocycles. The van der Waals surface area contributed by atoms with E-state index in [1.54, 1.807) is 24.1 Å². The van der Waals surface area contributed by atoms with Crippen LogP contribution in [0.1, 0.15) is 34.6 Å². The summed E-state index contributed by atoms with van der Waals surface area (Å²) in [6.07, 6.45) is 2.32. The van der Waals surface area contributed by atoms with Gasteiger partial charge in [-0.1, -0.05) is 32.0 Å². The van der Waals surface area contributed by atoms with Gasteiger partial charge in [0.1, 0.15) is 36.1 Å².